The first-order chi connectivity index (χ1) is 7.74. The van der Waals surface area contributed by atoms with Gasteiger partial charge < -0.3 is 5.32 Å². The van der Waals surface area contributed by atoms with Crippen LogP contribution in [0.3, 0.4) is 0 Å². The van der Waals surface area contributed by atoms with E-state index < -0.39 is 0 Å². The van der Waals surface area contributed by atoms with Gasteiger partial charge in [0, 0.05) is 11.8 Å². The zero-order valence-electron chi connectivity index (χ0n) is 11.3. The Morgan fingerprint density at radius 3 is 2.44 bits per heavy atom. The largest absolute Gasteiger partial charge is 0.313 e. The molecule has 0 aromatic carbocycles. The van der Waals surface area contributed by atoms with Crippen LogP contribution in [0.15, 0.2) is 0 Å². The predicted molar refractivity (Wildman–Crippen MR) is 76.2 cm³/mol. The summed E-state index contributed by atoms with van der Waals surface area (Å²) in [5.74, 6) is 4.44. The average Bonchev–Trinajstić information content (AvgIpc) is 2.75. The maximum absolute atomic E-state index is 3.76. The molecule has 1 aliphatic carbocycles. The van der Waals surface area contributed by atoms with E-state index in [0.717, 1.165) is 17.9 Å². The molecule has 1 unspecified atom stereocenters. The Hall–Kier alpha value is 0.310. The first-order valence-corrected chi connectivity index (χ1v) is 8.20. The van der Waals surface area contributed by atoms with Crippen molar-refractivity contribution in [3.8, 4) is 0 Å². The summed E-state index contributed by atoms with van der Waals surface area (Å²) in [5, 5.41) is 3.76. The van der Waals surface area contributed by atoms with E-state index in [1.807, 2.05) is 0 Å². The second kappa shape index (κ2) is 8.41. The Morgan fingerprint density at radius 1 is 1.19 bits per heavy atom. The third-order valence-corrected chi connectivity index (χ3v) is 4.87. The molecule has 16 heavy (non-hydrogen) atoms. The molecule has 0 aromatic rings. The lowest BCUT2D eigenvalue weighted by Crippen LogP contribution is -2.38. The highest BCUT2D eigenvalue weighted by atomic mass is 32.2. The Labute approximate surface area is 106 Å². The number of hydrogen-bond acceptors (Lipinski definition) is 2. The summed E-state index contributed by atoms with van der Waals surface area (Å²) in [6.45, 7) is 8.09. The Kier molecular flexibility index (Phi) is 7.55. The van der Waals surface area contributed by atoms with Crippen molar-refractivity contribution in [1.29, 1.82) is 0 Å². The molecule has 0 bridgehead atoms. The van der Waals surface area contributed by atoms with Gasteiger partial charge in [-0.2, -0.15) is 11.8 Å². The van der Waals surface area contributed by atoms with Gasteiger partial charge in [-0.3, -0.25) is 0 Å². The van der Waals surface area contributed by atoms with Crippen LogP contribution in [-0.4, -0.2) is 24.1 Å². The Morgan fingerprint density at radius 2 is 1.88 bits per heavy atom. The molecule has 0 radical (unpaired) electrons. The van der Waals surface area contributed by atoms with Crippen molar-refractivity contribution in [2.24, 2.45) is 11.8 Å². The van der Waals surface area contributed by atoms with Gasteiger partial charge in [0.05, 0.1) is 0 Å². The molecule has 0 heterocycles. The van der Waals surface area contributed by atoms with Gasteiger partial charge in [0.25, 0.3) is 0 Å². The highest BCUT2D eigenvalue weighted by molar-refractivity contribution is 7.99. The number of nitrogens with one attached hydrogen (secondary N) is 1. The molecule has 1 atom stereocenters. The molecule has 1 rings (SSSR count). The van der Waals surface area contributed by atoms with E-state index in [9.17, 15) is 0 Å². The van der Waals surface area contributed by atoms with Crippen LogP contribution < -0.4 is 5.32 Å². The van der Waals surface area contributed by atoms with Gasteiger partial charge in [-0.1, -0.05) is 33.6 Å². The lowest BCUT2D eigenvalue weighted by molar-refractivity contribution is 0.387. The number of thioether (sulfide) groups is 1. The average molecular weight is 243 g/mol. The van der Waals surface area contributed by atoms with Crippen LogP contribution in [0.1, 0.15) is 52.9 Å². The van der Waals surface area contributed by atoms with Gasteiger partial charge in [-0.15, -0.1) is 0 Å². The van der Waals surface area contributed by atoms with Crippen molar-refractivity contribution in [3.63, 3.8) is 0 Å². The summed E-state index contributed by atoms with van der Waals surface area (Å²) >= 11 is 2.14. The van der Waals surface area contributed by atoms with Crippen molar-refractivity contribution in [2.75, 3.05) is 18.1 Å². The second-order valence-corrected chi connectivity index (χ2v) is 6.61. The minimum atomic E-state index is 0.784. The predicted octanol–water partition coefficient (Wildman–Crippen LogP) is 3.93. The second-order valence-electron chi connectivity index (χ2n) is 5.54. The van der Waals surface area contributed by atoms with Gasteiger partial charge in [-0.05, 0) is 43.4 Å². The topological polar surface area (TPSA) is 12.0 Å². The van der Waals surface area contributed by atoms with Crippen LogP contribution in [0.25, 0.3) is 0 Å². The summed E-state index contributed by atoms with van der Waals surface area (Å²) in [7, 11) is 0. The van der Waals surface area contributed by atoms with Crippen LogP contribution >= 0.6 is 11.8 Å². The molecular weight excluding hydrogens is 214 g/mol. The molecule has 1 N–H and O–H groups in total. The van der Waals surface area contributed by atoms with E-state index in [0.29, 0.717) is 0 Å². The van der Waals surface area contributed by atoms with Gasteiger partial charge in [0.2, 0.25) is 0 Å². The van der Waals surface area contributed by atoms with E-state index >= 15 is 0 Å². The normalized spacial score (nSPS) is 19.5. The van der Waals surface area contributed by atoms with Crippen molar-refractivity contribution >= 4 is 11.8 Å². The van der Waals surface area contributed by atoms with Crippen molar-refractivity contribution < 1.29 is 0 Å². The van der Waals surface area contributed by atoms with Crippen LogP contribution in [0.5, 0.6) is 0 Å². The molecule has 0 aromatic heterocycles. The third kappa shape index (κ3) is 5.58. The van der Waals surface area contributed by atoms with Crippen LogP contribution in [0, 0.1) is 11.8 Å². The van der Waals surface area contributed by atoms with Gasteiger partial charge in [0.1, 0.15) is 0 Å². The molecule has 0 aliphatic heterocycles. The Bertz CT molecular complexity index is 164. The van der Waals surface area contributed by atoms with Crippen LogP contribution in [0.2, 0.25) is 0 Å². The first-order valence-electron chi connectivity index (χ1n) is 7.05. The lowest BCUT2D eigenvalue weighted by atomic mass is 10.00. The van der Waals surface area contributed by atoms with Crippen LogP contribution in [0.4, 0.5) is 0 Å². The molecule has 2 heteroatoms. The van der Waals surface area contributed by atoms with Crippen molar-refractivity contribution in [3.05, 3.63) is 0 Å². The van der Waals surface area contributed by atoms with Crippen molar-refractivity contribution in [2.45, 2.75) is 58.9 Å². The van der Waals surface area contributed by atoms with E-state index in [1.54, 1.807) is 0 Å². The zero-order chi connectivity index (χ0) is 11.8. The number of hydrogen-bond donors (Lipinski definition) is 1. The summed E-state index contributed by atoms with van der Waals surface area (Å²) in [6.07, 6.45) is 7.11. The van der Waals surface area contributed by atoms with Crippen LogP contribution in [-0.2, 0) is 0 Å². The highest BCUT2D eigenvalue weighted by Crippen LogP contribution is 2.29. The maximum Gasteiger partial charge on any atom is 0.0186 e. The first kappa shape index (κ1) is 14.4. The standard InChI is InChI=1S/C14H29NS/c1-4-9-15-14(11-16-10-12(2)3)13-7-5-6-8-13/h12-15H,4-11H2,1-3H3. The minimum Gasteiger partial charge on any atom is -0.313 e. The molecular formula is C14H29NS. The van der Waals surface area contributed by atoms with Crippen molar-refractivity contribution in [1.82, 2.24) is 5.32 Å². The van der Waals surface area contributed by atoms with E-state index in [2.05, 4.69) is 37.8 Å². The molecule has 1 fully saturated rings. The fourth-order valence-electron chi connectivity index (χ4n) is 2.48. The lowest BCUT2D eigenvalue weighted by Gasteiger charge is -2.24. The van der Waals surface area contributed by atoms with Gasteiger partial charge in [-0.25, -0.2) is 0 Å². The molecule has 1 saturated carbocycles. The molecule has 96 valence electrons. The summed E-state index contributed by atoms with van der Waals surface area (Å²) in [4.78, 5) is 0. The SMILES string of the molecule is CCCNC(CSCC(C)C)C1CCCC1. The fourth-order valence-corrected chi connectivity index (χ4v) is 3.73. The molecule has 0 spiro atoms. The Balaban J connectivity index is 2.25. The fraction of sp³-hybridized carbons (Fsp3) is 1.00. The van der Waals surface area contributed by atoms with E-state index in [4.69, 9.17) is 0 Å². The quantitative estimate of drug-likeness (QED) is 0.693. The molecule has 0 saturated heterocycles. The highest BCUT2D eigenvalue weighted by Gasteiger charge is 2.24. The molecule has 1 nitrogen and oxygen atoms in total. The monoisotopic (exact) mass is 243 g/mol. The van der Waals surface area contributed by atoms with E-state index in [1.165, 1.54) is 50.2 Å². The summed E-state index contributed by atoms with van der Waals surface area (Å²) in [5.41, 5.74) is 0. The summed E-state index contributed by atoms with van der Waals surface area (Å²) < 4.78 is 0. The van der Waals surface area contributed by atoms with E-state index in [-0.39, 0.29) is 0 Å². The van der Waals surface area contributed by atoms with Gasteiger partial charge in [0.15, 0.2) is 0 Å². The summed E-state index contributed by atoms with van der Waals surface area (Å²) in [6, 6.07) is 0.784. The number of rotatable bonds is 8. The van der Waals surface area contributed by atoms with Gasteiger partial charge >= 0.3 is 0 Å². The zero-order valence-corrected chi connectivity index (χ0v) is 12.1. The molecule has 0 amide bonds. The molecule has 1 aliphatic rings. The minimum absolute atomic E-state index is 0.784. The maximum atomic E-state index is 3.76. The smallest absolute Gasteiger partial charge is 0.0186 e. The third-order valence-electron chi connectivity index (χ3n) is 3.37.